The normalized spacial score (nSPS) is 12.2. The van der Waals surface area contributed by atoms with Crippen molar-refractivity contribution >= 4 is 5.91 Å². The summed E-state index contributed by atoms with van der Waals surface area (Å²) in [6.07, 6.45) is 0.520. The van der Waals surface area contributed by atoms with Crippen LogP contribution in [-0.4, -0.2) is 19.5 Å². The van der Waals surface area contributed by atoms with Crippen LogP contribution < -0.4 is 10.6 Å². The van der Waals surface area contributed by atoms with E-state index in [1.165, 1.54) is 16.7 Å². The summed E-state index contributed by atoms with van der Waals surface area (Å²) in [5, 5.41) is 5.98. The van der Waals surface area contributed by atoms with Crippen LogP contribution in [0.5, 0.6) is 0 Å². The van der Waals surface area contributed by atoms with Crippen molar-refractivity contribution in [1.82, 2.24) is 10.6 Å². The highest BCUT2D eigenvalue weighted by Gasteiger charge is 2.11. The van der Waals surface area contributed by atoms with Gasteiger partial charge in [-0.05, 0) is 38.9 Å². The maximum atomic E-state index is 11.6. The molecule has 94 valence electrons. The minimum absolute atomic E-state index is 0.0694. The average Bonchev–Trinajstić information content (AvgIpc) is 2.26. The Bertz CT molecular complexity index is 388. The monoisotopic (exact) mass is 234 g/mol. The van der Waals surface area contributed by atoms with Crippen LogP contribution in [0.2, 0.25) is 0 Å². The molecule has 1 aromatic carbocycles. The van der Waals surface area contributed by atoms with Crippen LogP contribution >= 0.6 is 0 Å². The molecule has 1 atom stereocenters. The van der Waals surface area contributed by atoms with Crippen molar-refractivity contribution in [3.8, 4) is 0 Å². The van der Waals surface area contributed by atoms with Crippen LogP contribution in [0.4, 0.5) is 0 Å². The summed E-state index contributed by atoms with van der Waals surface area (Å²) in [6, 6.07) is 6.39. The Morgan fingerprint density at radius 1 is 1.35 bits per heavy atom. The fourth-order valence-corrected chi connectivity index (χ4v) is 1.94. The number of carbonyl (C=O) groups excluding carboxylic acids is 1. The molecular formula is C14H22N2O. The van der Waals surface area contributed by atoms with Crippen molar-refractivity contribution < 1.29 is 4.79 Å². The number of aryl methyl sites for hydroxylation is 2. The summed E-state index contributed by atoms with van der Waals surface area (Å²) < 4.78 is 0. The summed E-state index contributed by atoms with van der Waals surface area (Å²) in [4.78, 5) is 11.6. The minimum Gasteiger partial charge on any atom is -0.350 e. The van der Waals surface area contributed by atoms with Gasteiger partial charge in [0.2, 0.25) is 5.91 Å². The standard InChI is InChI=1S/C14H22N2O/c1-10-5-6-13(11(2)9-10)12(3)16-14(17)7-8-15-4/h5-6,9,12,15H,7-8H2,1-4H3,(H,16,17). The second-order valence-electron chi connectivity index (χ2n) is 4.50. The molecule has 1 amide bonds. The van der Waals surface area contributed by atoms with Crippen LogP contribution in [-0.2, 0) is 4.79 Å². The first-order chi connectivity index (χ1) is 8.04. The molecule has 0 aliphatic carbocycles. The molecule has 17 heavy (non-hydrogen) atoms. The second kappa shape index (κ2) is 6.40. The highest BCUT2D eigenvalue weighted by Crippen LogP contribution is 2.18. The Hall–Kier alpha value is -1.35. The van der Waals surface area contributed by atoms with Crippen molar-refractivity contribution in [3.63, 3.8) is 0 Å². The Morgan fingerprint density at radius 2 is 2.06 bits per heavy atom. The van der Waals surface area contributed by atoms with Gasteiger partial charge in [-0.3, -0.25) is 4.79 Å². The van der Waals surface area contributed by atoms with Gasteiger partial charge in [-0.1, -0.05) is 23.8 Å². The van der Waals surface area contributed by atoms with Gasteiger partial charge in [0.1, 0.15) is 0 Å². The van der Waals surface area contributed by atoms with Crippen LogP contribution in [0, 0.1) is 13.8 Å². The van der Waals surface area contributed by atoms with Gasteiger partial charge >= 0.3 is 0 Å². The quantitative estimate of drug-likeness (QED) is 0.819. The van der Waals surface area contributed by atoms with Gasteiger partial charge in [0.25, 0.3) is 0 Å². The molecule has 0 fully saturated rings. The van der Waals surface area contributed by atoms with E-state index in [0.29, 0.717) is 13.0 Å². The van der Waals surface area contributed by atoms with Gasteiger partial charge in [0.05, 0.1) is 6.04 Å². The van der Waals surface area contributed by atoms with Crippen LogP contribution in [0.15, 0.2) is 18.2 Å². The lowest BCUT2D eigenvalue weighted by atomic mass is 10.0. The fourth-order valence-electron chi connectivity index (χ4n) is 1.94. The molecule has 1 unspecified atom stereocenters. The maximum Gasteiger partial charge on any atom is 0.221 e. The third-order valence-electron chi connectivity index (χ3n) is 2.87. The van der Waals surface area contributed by atoms with E-state index in [-0.39, 0.29) is 11.9 Å². The molecule has 0 aliphatic heterocycles. The summed E-state index contributed by atoms with van der Waals surface area (Å²) >= 11 is 0. The molecular weight excluding hydrogens is 212 g/mol. The SMILES string of the molecule is CNCCC(=O)NC(C)c1ccc(C)cc1C. The Kier molecular flexibility index (Phi) is 5.16. The molecule has 0 saturated carbocycles. The lowest BCUT2D eigenvalue weighted by molar-refractivity contribution is -0.121. The Balaban J connectivity index is 2.63. The zero-order valence-corrected chi connectivity index (χ0v) is 11.1. The molecule has 0 radical (unpaired) electrons. The van der Waals surface area contributed by atoms with E-state index in [2.05, 4.69) is 42.7 Å². The van der Waals surface area contributed by atoms with Gasteiger partial charge < -0.3 is 10.6 Å². The van der Waals surface area contributed by atoms with E-state index < -0.39 is 0 Å². The number of hydrogen-bond donors (Lipinski definition) is 2. The number of rotatable bonds is 5. The third-order valence-corrected chi connectivity index (χ3v) is 2.87. The number of carbonyl (C=O) groups is 1. The van der Waals surface area contributed by atoms with E-state index in [0.717, 1.165) is 0 Å². The van der Waals surface area contributed by atoms with E-state index in [1.807, 2.05) is 14.0 Å². The van der Waals surface area contributed by atoms with E-state index in [4.69, 9.17) is 0 Å². The van der Waals surface area contributed by atoms with Gasteiger partial charge in [0, 0.05) is 13.0 Å². The van der Waals surface area contributed by atoms with Crippen molar-refractivity contribution in [1.29, 1.82) is 0 Å². The lowest BCUT2D eigenvalue weighted by Crippen LogP contribution is -2.29. The van der Waals surface area contributed by atoms with Crippen LogP contribution in [0.25, 0.3) is 0 Å². The zero-order chi connectivity index (χ0) is 12.8. The number of amides is 1. The lowest BCUT2D eigenvalue weighted by Gasteiger charge is -2.17. The van der Waals surface area contributed by atoms with E-state index in [9.17, 15) is 4.79 Å². The topological polar surface area (TPSA) is 41.1 Å². The van der Waals surface area contributed by atoms with Gasteiger partial charge in [0.15, 0.2) is 0 Å². The first-order valence-electron chi connectivity index (χ1n) is 6.05. The molecule has 0 aliphatic rings. The average molecular weight is 234 g/mol. The fraction of sp³-hybridized carbons (Fsp3) is 0.500. The number of benzene rings is 1. The minimum atomic E-state index is 0.0694. The first kappa shape index (κ1) is 13.7. The molecule has 0 aromatic heterocycles. The number of nitrogens with one attached hydrogen (secondary N) is 2. The Morgan fingerprint density at radius 3 is 2.65 bits per heavy atom. The van der Waals surface area contributed by atoms with Crippen molar-refractivity contribution in [2.45, 2.75) is 33.2 Å². The van der Waals surface area contributed by atoms with Gasteiger partial charge in [-0.15, -0.1) is 0 Å². The second-order valence-corrected chi connectivity index (χ2v) is 4.50. The third kappa shape index (κ3) is 4.19. The first-order valence-corrected chi connectivity index (χ1v) is 6.05. The van der Waals surface area contributed by atoms with Gasteiger partial charge in [-0.2, -0.15) is 0 Å². The molecule has 0 spiro atoms. The van der Waals surface area contributed by atoms with E-state index in [1.54, 1.807) is 0 Å². The molecule has 1 rings (SSSR count). The molecule has 2 N–H and O–H groups in total. The molecule has 0 bridgehead atoms. The van der Waals surface area contributed by atoms with Crippen LogP contribution in [0.3, 0.4) is 0 Å². The Labute approximate surface area is 104 Å². The summed E-state index contributed by atoms with van der Waals surface area (Å²) in [7, 11) is 1.85. The molecule has 3 heteroatoms. The summed E-state index contributed by atoms with van der Waals surface area (Å²) in [6.45, 7) is 6.89. The highest BCUT2D eigenvalue weighted by atomic mass is 16.1. The van der Waals surface area contributed by atoms with Crippen molar-refractivity contribution in [3.05, 3.63) is 34.9 Å². The summed E-state index contributed by atoms with van der Waals surface area (Å²) in [5.74, 6) is 0.0897. The number of hydrogen-bond acceptors (Lipinski definition) is 2. The molecule has 3 nitrogen and oxygen atoms in total. The molecule has 0 heterocycles. The smallest absolute Gasteiger partial charge is 0.221 e. The van der Waals surface area contributed by atoms with E-state index >= 15 is 0 Å². The maximum absolute atomic E-state index is 11.6. The molecule has 0 saturated heterocycles. The molecule has 1 aromatic rings. The zero-order valence-electron chi connectivity index (χ0n) is 11.1. The predicted molar refractivity (Wildman–Crippen MR) is 71.0 cm³/mol. The largest absolute Gasteiger partial charge is 0.350 e. The predicted octanol–water partition coefficient (Wildman–Crippen LogP) is 2.09. The van der Waals surface area contributed by atoms with Crippen molar-refractivity contribution in [2.24, 2.45) is 0 Å². The van der Waals surface area contributed by atoms with Crippen LogP contribution in [0.1, 0.15) is 36.1 Å². The summed E-state index contributed by atoms with van der Waals surface area (Å²) in [5.41, 5.74) is 3.67. The highest BCUT2D eigenvalue weighted by molar-refractivity contribution is 5.76. The van der Waals surface area contributed by atoms with Crippen molar-refractivity contribution in [2.75, 3.05) is 13.6 Å². The van der Waals surface area contributed by atoms with Gasteiger partial charge in [-0.25, -0.2) is 0 Å².